The molecular formula is C25H25N3O3. The van der Waals surface area contributed by atoms with Crippen molar-refractivity contribution in [1.82, 2.24) is 4.57 Å². The van der Waals surface area contributed by atoms with Gasteiger partial charge in [0.2, 0.25) is 11.8 Å². The second-order valence-corrected chi connectivity index (χ2v) is 7.98. The molecule has 1 N–H and O–H groups in total. The van der Waals surface area contributed by atoms with Crippen molar-refractivity contribution in [3.63, 3.8) is 0 Å². The highest BCUT2D eigenvalue weighted by Gasteiger charge is 2.35. The molecule has 0 saturated carbocycles. The summed E-state index contributed by atoms with van der Waals surface area (Å²) >= 11 is 0. The molecule has 0 unspecified atom stereocenters. The van der Waals surface area contributed by atoms with E-state index in [2.05, 4.69) is 5.32 Å². The van der Waals surface area contributed by atoms with Gasteiger partial charge in [0, 0.05) is 36.6 Å². The van der Waals surface area contributed by atoms with Crippen molar-refractivity contribution in [3.05, 3.63) is 93.9 Å². The predicted molar refractivity (Wildman–Crippen MR) is 121 cm³/mol. The average Bonchev–Trinajstić information content (AvgIpc) is 3.15. The number of nitrogens with one attached hydrogen (secondary N) is 1. The fourth-order valence-corrected chi connectivity index (χ4v) is 3.87. The van der Waals surface area contributed by atoms with Crippen molar-refractivity contribution in [2.24, 2.45) is 5.92 Å². The Labute approximate surface area is 181 Å². The van der Waals surface area contributed by atoms with Crippen LogP contribution in [0, 0.1) is 19.8 Å². The van der Waals surface area contributed by atoms with Gasteiger partial charge in [-0.3, -0.25) is 14.4 Å². The molecule has 0 radical (unpaired) electrons. The molecule has 31 heavy (non-hydrogen) atoms. The van der Waals surface area contributed by atoms with Crippen LogP contribution in [0.15, 0.2) is 71.7 Å². The molecule has 1 atom stereocenters. The Balaban J connectivity index is 1.40. The van der Waals surface area contributed by atoms with Crippen molar-refractivity contribution >= 4 is 23.2 Å². The highest BCUT2D eigenvalue weighted by molar-refractivity contribution is 6.03. The maximum absolute atomic E-state index is 12.8. The summed E-state index contributed by atoms with van der Waals surface area (Å²) in [6, 6.07) is 18.4. The maximum Gasteiger partial charge on any atom is 0.250 e. The number of carbonyl (C=O) groups excluding carboxylic acids is 2. The van der Waals surface area contributed by atoms with E-state index in [0.29, 0.717) is 18.8 Å². The summed E-state index contributed by atoms with van der Waals surface area (Å²) < 4.78 is 1.62. The summed E-state index contributed by atoms with van der Waals surface area (Å²) in [6.45, 7) is 4.86. The van der Waals surface area contributed by atoms with Gasteiger partial charge < -0.3 is 14.8 Å². The van der Waals surface area contributed by atoms with E-state index in [0.717, 1.165) is 22.4 Å². The van der Waals surface area contributed by atoms with E-state index in [-0.39, 0.29) is 23.8 Å². The highest BCUT2D eigenvalue weighted by Crippen LogP contribution is 2.30. The molecule has 1 saturated heterocycles. The van der Waals surface area contributed by atoms with Crippen molar-refractivity contribution in [3.8, 4) is 0 Å². The fraction of sp³-hybridized carbons (Fsp3) is 0.240. The SMILES string of the molecule is Cc1cccc(N2C[C@@H](C(=O)Nc3ccc(Cn4ccccc4=O)cc3)CC2=O)c1C. The first-order valence-electron chi connectivity index (χ1n) is 10.3. The third-order valence-corrected chi connectivity index (χ3v) is 5.84. The molecule has 1 aliphatic heterocycles. The molecule has 6 nitrogen and oxygen atoms in total. The third-order valence-electron chi connectivity index (χ3n) is 5.84. The lowest BCUT2D eigenvalue weighted by atomic mass is 10.1. The largest absolute Gasteiger partial charge is 0.326 e. The average molecular weight is 415 g/mol. The van der Waals surface area contributed by atoms with Gasteiger partial charge >= 0.3 is 0 Å². The number of pyridine rings is 1. The van der Waals surface area contributed by atoms with Gasteiger partial charge in [-0.05, 0) is 54.8 Å². The monoisotopic (exact) mass is 415 g/mol. The topological polar surface area (TPSA) is 71.4 Å². The van der Waals surface area contributed by atoms with Gasteiger partial charge in [0.05, 0.1) is 12.5 Å². The van der Waals surface area contributed by atoms with E-state index in [1.807, 2.05) is 62.4 Å². The number of carbonyl (C=O) groups is 2. The molecule has 158 valence electrons. The van der Waals surface area contributed by atoms with Gasteiger partial charge in [-0.25, -0.2) is 0 Å². The van der Waals surface area contributed by atoms with Crippen LogP contribution in [0.25, 0.3) is 0 Å². The van der Waals surface area contributed by atoms with Crippen LogP contribution in [0.4, 0.5) is 11.4 Å². The van der Waals surface area contributed by atoms with Crippen LogP contribution in [0.3, 0.4) is 0 Å². The van der Waals surface area contributed by atoms with E-state index in [4.69, 9.17) is 0 Å². The third kappa shape index (κ3) is 4.43. The number of nitrogens with zero attached hydrogens (tertiary/aromatic N) is 2. The summed E-state index contributed by atoms with van der Waals surface area (Å²) in [7, 11) is 0. The summed E-state index contributed by atoms with van der Waals surface area (Å²) in [5.74, 6) is -0.583. The number of anilines is 2. The van der Waals surface area contributed by atoms with Crippen molar-refractivity contribution in [2.75, 3.05) is 16.8 Å². The quantitative estimate of drug-likeness (QED) is 0.693. The van der Waals surface area contributed by atoms with Crippen LogP contribution in [0.1, 0.15) is 23.1 Å². The Morgan fingerprint density at radius 3 is 2.52 bits per heavy atom. The minimum Gasteiger partial charge on any atom is -0.326 e. The predicted octanol–water partition coefficient (Wildman–Crippen LogP) is 3.51. The molecule has 0 bridgehead atoms. The van der Waals surface area contributed by atoms with E-state index in [9.17, 15) is 14.4 Å². The second-order valence-electron chi connectivity index (χ2n) is 7.98. The van der Waals surface area contributed by atoms with Crippen LogP contribution < -0.4 is 15.8 Å². The Kier molecular flexibility index (Phi) is 5.71. The fourth-order valence-electron chi connectivity index (χ4n) is 3.87. The zero-order valence-corrected chi connectivity index (χ0v) is 17.7. The van der Waals surface area contributed by atoms with Crippen LogP contribution in [-0.4, -0.2) is 22.9 Å². The van der Waals surface area contributed by atoms with E-state index >= 15 is 0 Å². The molecule has 1 fully saturated rings. The molecule has 0 spiro atoms. The summed E-state index contributed by atoms with van der Waals surface area (Å²) in [4.78, 5) is 38.9. The standard InChI is InChI=1S/C25H25N3O3/c1-17-6-5-7-22(18(17)2)28-16-20(14-24(28)30)25(31)26-21-11-9-19(10-12-21)15-27-13-4-3-8-23(27)29/h3-13,20H,14-16H2,1-2H3,(H,26,31)/t20-/m0/s1. The van der Waals surface area contributed by atoms with Gasteiger partial charge in [0.15, 0.2) is 0 Å². The molecule has 1 aromatic heterocycles. The number of hydrogen-bond donors (Lipinski definition) is 1. The van der Waals surface area contributed by atoms with Crippen LogP contribution in [0.2, 0.25) is 0 Å². The van der Waals surface area contributed by atoms with E-state index in [1.165, 1.54) is 6.07 Å². The molecule has 3 aromatic rings. The number of aromatic nitrogens is 1. The lowest BCUT2D eigenvalue weighted by Crippen LogP contribution is -2.28. The van der Waals surface area contributed by atoms with Crippen LogP contribution >= 0.6 is 0 Å². The Bertz CT molecular complexity index is 1180. The minimum atomic E-state index is -0.394. The molecule has 2 amide bonds. The Hall–Kier alpha value is -3.67. The van der Waals surface area contributed by atoms with Crippen molar-refractivity contribution in [2.45, 2.75) is 26.8 Å². The smallest absolute Gasteiger partial charge is 0.250 e. The summed E-state index contributed by atoms with van der Waals surface area (Å²) in [5.41, 5.74) is 4.64. The number of amides is 2. The van der Waals surface area contributed by atoms with Crippen molar-refractivity contribution < 1.29 is 9.59 Å². The zero-order valence-electron chi connectivity index (χ0n) is 17.7. The van der Waals surface area contributed by atoms with Crippen LogP contribution in [-0.2, 0) is 16.1 Å². The molecule has 4 rings (SSSR count). The summed E-state index contributed by atoms with van der Waals surface area (Å²) in [6.07, 6.45) is 1.95. The van der Waals surface area contributed by atoms with E-state index in [1.54, 1.807) is 21.7 Å². The van der Waals surface area contributed by atoms with Gasteiger partial charge in [-0.2, -0.15) is 0 Å². The first kappa shape index (κ1) is 20.6. The number of rotatable bonds is 5. The lowest BCUT2D eigenvalue weighted by molar-refractivity contribution is -0.122. The Morgan fingerprint density at radius 2 is 1.77 bits per heavy atom. The molecule has 1 aliphatic rings. The zero-order chi connectivity index (χ0) is 22.0. The molecule has 2 heterocycles. The normalized spacial score (nSPS) is 15.9. The molecular weight excluding hydrogens is 390 g/mol. The van der Waals surface area contributed by atoms with Gasteiger partial charge in [-0.15, -0.1) is 0 Å². The number of benzene rings is 2. The number of hydrogen-bond acceptors (Lipinski definition) is 3. The minimum absolute atomic E-state index is 0.0301. The first-order valence-corrected chi connectivity index (χ1v) is 10.3. The molecule has 6 heteroatoms. The molecule has 0 aliphatic carbocycles. The highest BCUT2D eigenvalue weighted by atomic mass is 16.2. The molecule has 2 aromatic carbocycles. The van der Waals surface area contributed by atoms with Gasteiger partial charge in [-0.1, -0.05) is 30.3 Å². The van der Waals surface area contributed by atoms with Gasteiger partial charge in [0.1, 0.15) is 0 Å². The second kappa shape index (κ2) is 8.60. The van der Waals surface area contributed by atoms with Gasteiger partial charge in [0.25, 0.3) is 5.56 Å². The van der Waals surface area contributed by atoms with Crippen molar-refractivity contribution in [1.29, 1.82) is 0 Å². The first-order chi connectivity index (χ1) is 14.9. The Morgan fingerprint density at radius 1 is 1.00 bits per heavy atom. The van der Waals surface area contributed by atoms with Crippen LogP contribution in [0.5, 0.6) is 0 Å². The lowest BCUT2D eigenvalue weighted by Gasteiger charge is -2.20. The summed E-state index contributed by atoms with van der Waals surface area (Å²) in [5, 5.41) is 2.92. The number of aryl methyl sites for hydroxylation is 1. The maximum atomic E-state index is 12.8. The van der Waals surface area contributed by atoms with E-state index < -0.39 is 5.92 Å².